The number of hydrogen-bond donors (Lipinski definition) is 0. The van der Waals surface area contributed by atoms with Gasteiger partial charge in [-0.1, -0.05) is 6.42 Å². The molecule has 4 heteroatoms. The van der Waals surface area contributed by atoms with Gasteiger partial charge in [-0.15, -0.1) is 0 Å². The van der Waals surface area contributed by atoms with Crippen LogP contribution in [0.3, 0.4) is 0 Å². The number of carbonyl (C=O) groups excluding carboxylic acids is 1. The number of benzene rings is 1. The largest absolute Gasteiger partial charge is 0.465 e. The van der Waals surface area contributed by atoms with E-state index in [0.29, 0.717) is 18.2 Å². The van der Waals surface area contributed by atoms with Gasteiger partial charge in [0.2, 0.25) is 0 Å². The zero-order valence-electron chi connectivity index (χ0n) is 11.1. The molecule has 1 saturated heterocycles. The van der Waals surface area contributed by atoms with E-state index in [2.05, 4.69) is 9.64 Å². The molecule has 1 aromatic carbocycles. The van der Waals surface area contributed by atoms with Crippen LogP contribution in [0.2, 0.25) is 0 Å². The van der Waals surface area contributed by atoms with E-state index in [4.69, 9.17) is 0 Å². The molecule has 0 aliphatic carbocycles. The Balaban J connectivity index is 1.96. The first-order valence-electron chi connectivity index (χ1n) is 6.82. The first-order valence-corrected chi connectivity index (χ1v) is 6.82. The smallest absolute Gasteiger partial charge is 0.337 e. The van der Waals surface area contributed by atoms with E-state index in [1.165, 1.54) is 32.4 Å². The second-order valence-corrected chi connectivity index (χ2v) is 5.41. The first kappa shape index (κ1) is 12.6. The molecule has 102 valence electrons. The van der Waals surface area contributed by atoms with E-state index in [1.807, 2.05) is 0 Å². The third kappa shape index (κ3) is 2.25. The number of hydrogen-bond acceptors (Lipinski definition) is 3. The van der Waals surface area contributed by atoms with Crippen LogP contribution >= 0.6 is 0 Å². The standard InChI is InChI=1S/C15H18FNO2/c1-19-15(18)11-6-10-7-12-4-2-3-5-17(12)9-13(10)14(16)8-11/h6,8,12H,2-5,7,9H2,1H3/t12-/m1/s1. The fourth-order valence-corrected chi connectivity index (χ4v) is 3.24. The molecule has 1 atom stereocenters. The van der Waals surface area contributed by atoms with Gasteiger partial charge in [-0.05, 0) is 43.5 Å². The van der Waals surface area contributed by atoms with Crippen molar-refractivity contribution in [2.45, 2.75) is 38.3 Å². The molecule has 2 aliphatic heterocycles. The SMILES string of the molecule is COC(=O)c1cc(F)c2c(c1)C[C@H]1CCCCN1C2. The van der Waals surface area contributed by atoms with Gasteiger partial charge in [0.15, 0.2) is 0 Å². The summed E-state index contributed by atoms with van der Waals surface area (Å²) in [6.07, 6.45) is 4.46. The Kier molecular flexibility index (Phi) is 3.27. The molecule has 0 spiro atoms. The second kappa shape index (κ2) is 4.93. The summed E-state index contributed by atoms with van der Waals surface area (Å²) >= 11 is 0. The molecule has 0 bridgehead atoms. The summed E-state index contributed by atoms with van der Waals surface area (Å²) in [6, 6.07) is 3.61. The lowest BCUT2D eigenvalue weighted by Gasteiger charge is -2.40. The highest BCUT2D eigenvalue weighted by atomic mass is 19.1. The minimum Gasteiger partial charge on any atom is -0.465 e. The molecule has 0 aromatic heterocycles. The summed E-state index contributed by atoms with van der Waals surface area (Å²) in [5, 5.41) is 0. The van der Waals surface area contributed by atoms with Crippen molar-refractivity contribution >= 4 is 5.97 Å². The van der Waals surface area contributed by atoms with Crippen LogP contribution in [0.4, 0.5) is 4.39 Å². The molecule has 3 nitrogen and oxygen atoms in total. The van der Waals surface area contributed by atoms with Gasteiger partial charge >= 0.3 is 5.97 Å². The molecule has 2 aliphatic rings. The van der Waals surface area contributed by atoms with Gasteiger partial charge in [0.25, 0.3) is 0 Å². The number of rotatable bonds is 1. The van der Waals surface area contributed by atoms with Gasteiger partial charge in [-0.3, -0.25) is 4.90 Å². The van der Waals surface area contributed by atoms with Crippen LogP contribution in [0.5, 0.6) is 0 Å². The van der Waals surface area contributed by atoms with Crippen molar-refractivity contribution in [3.63, 3.8) is 0 Å². The quantitative estimate of drug-likeness (QED) is 0.729. The molecule has 1 fully saturated rings. The Hall–Kier alpha value is -1.42. The molecular weight excluding hydrogens is 245 g/mol. The Bertz CT molecular complexity index is 515. The van der Waals surface area contributed by atoms with Crippen LogP contribution in [0, 0.1) is 5.82 Å². The van der Waals surface area contributed by atoms with Gasteiger partial charge < -0.3 is 4.74 Å². The van der Waals surface area contributed by atoms with Crippen LogP contribution in [-0.2, 0) is 17.7 Å². The lowest BCUT2D eigenvalue weighted by molar-refractivity contribution is 0.0599. The number of fused-ring (bicyclic) bond motifs is 2. The van der Waals surface area contributed by atoms with Crippen molar-refractivity contribution in [1.82, 2.24) is 4.90 Å². The van der Waals surface area contributed by atoms with E-state index in [1.54, 1.807) is 6.07 Å². The lowest BCUT2D eigenvalue weighted by atomic mass is 9.87. The molecule has 3 rings (SSSR count). The second-order valence-electron chi connectivity index (χ2n) is 5.41. The fourth-order valence-electron chi connectivity index (χ4n) is 3.24. The number of ether oxygens (including phenoxy) is 1. The minimum atomic E-state index is -0.465. The van der Waals surface area contributed by atoms with Gasteiger partial charge in [0.1, 0.15) is 5.82 Å². The van der Waals surface area contributed by atoms with Crippen molar-refractivity contribution in [1.29, 1.82) is 0 Å². The van der Waals surface area contributed by atoms with Crippen LogP contribution in [0.15, 0.2) is 12.1 Å². The van der Waals surface area contributed by atoms with E-state index in [-0.39, 0.29) is 5.82 Å². The first-order chi connectivity index (χ1) is 9.19. The van der Waals surface area contributed by atoms with Crippen LogP contribution in [0.1, 0.15) is 40.7 Å². The number of methoxy groups -OCH3 is 1. The molecule has 0 N–H and O–H groups in total. The maximum Gasteiger partial charge on any atom is 0.337 e. The number of piperidine rings is 1. The summed E-state index contributed by atoms with van der Waals surface area (Å²) in [5.74, 6) is -0.741. The van der Waals surface area contributed by atoms with Crippen LogP contribution < -0.4 is 0 Å². The fraction of sp³-hybridized carbons (Fsp3) is 0.533. The molecule has 0 amide bonds. The summed E-state index contributed by atoms with van der Waals surface area (Å²) in [7, 11) is 1.32. The predicted octanol–water partition coefficient (Wildman–Crippen LogP) is 2.52. The normalized spacial score (nSPS) is 22.5. The number of carbonyl (C=O) groups is 1. The predicted molar refractivity (Wildman–Crippen MR) is 69.5 cm³/mol. The Labute approximate surface area is 112 Å². The maximum absolute atomic E-state index is 14.2. The lowest BCUT2D eigenvalue weighted by Crippen LogP contribution is -2.43. The monoisotopic (exact) mass is 263 g/mol. The van der Waals surface area contributed by atoms with Crippen molar-refractivity contribution in [3.05, 3.63) is 34.6 Å². The molecule has 19 heavy (non-hydrogen) atoms. The average molecular weight is 263 g/mol. The van der Waals surface area contributed by atoms with Crippen LogP contribution in [0.25, 0.3) is 0 Å². The number of halogens is 1. The van der Waals surface area contributed by atoms with Crippen molar-refractivity contribution < 1.29 is 13.9 Å². The molecule has 0 unspecified atom stereocenters. The summed E-state index contributed by atoms with van der Waals surface area (Å²) in [5.41, 5.74) is 2.05. The van der Waals surface area contributed by atoms with Crippen molar-refractivity contribution in [3.8, 4) is 0 Å². The number of esters is 1. The van der Waals surface area contributed by atoms with E-state index >= 15 is 0 Å². The third-order valence-electron chi connectivity index (χ3n) is 4.27. The molecule has 1 aromatic rings. The highest BCUT2D eigenvalue weighted by molar-refractivity contribution is 5.89. The zero-order chi connectivity index (χ0) is 13.4. The van der Waals surface area contributed by atoms with Crippen LogP contribution in [-0.4, -0.2) is 30.6 Å². The highest BCUT2D eigenvalue weighted by Crippen LogP contribution is 2.31. The minimum absolute atomic E-state index is 0.276. The summed E-state index contributed by atoms with van der Waals surface area (Å²) < 4.78 is 18.8. The summed E-state index contributed by atoms with van der Waals surface area (Å²) in [6.45, 7) is 1.73. The Morgan fingerprint density at radius 3 is 3.05 bits per heavy atom. The number of nitrogens with zero attached hydrogens (tertiary/aromatic N) is 1. The topological polar surface area (TPSA) is 29.5 Å². The Morgan fingerprint density at radius 1 is 1.42 bits per heavy atom. The Morgan fingerprint density at radius 2 is 2.26 bits per heavy atom. The molecular formula is C15H18FNO2. The van der Waals surface area contributed by atoms with E-state index < -0.39 is 5.97 Å². The van der Waals surface area contributed by atoms with Crippen molar-refractivity contribution in [2.75, 3.05) is 13.7 Å². The zero-order valence-corrected chi connectivity index (χ0v) is 11.1. The van der Waals surface area contributed by atoms with Crippen molar-refractivity contribution in [2.24, 2.45) is 0 Å². The highest BCUT2D eigenvalue weighted by Gasteiger charge is 2.30. The van der Waals surface area contributed by atoms with Gasteiger partial charge in [-0.25, -0.2) is 9.18 Å². The third-order valence-corrected chi connectivity index (χ3v) is 4.27. The van der Waals surface area contributed by atoms with Gasteiger partial charge in [-0.2, -0.15) is 0 Å². The maximum atomic E-state index is 14.2. The molecule has 0 radical (unpaired) electrons. The van der Waals surface area contributed by atoms with E-state index in [0.717, 1.165) is 24.1 Å². The van der Waals surface area contributed by atoms with Gasteiger partial charge in [0.05, 0.1) is 12.7 Å². The van der Waals surface area contributed by atoms with E-state index in [9.17, 15) is 9.18 Å². The molecule has 2 heterocycles. The molecule has 0 saturated carbocycles. The van der Waals surface area contributed by atoms with Gasteiger partial charge in [0, 0.05) is 18.2 Å². The summed E-state index contributed by atoms with van der Waals surface area (Å²) in [4.78, 5) is 13.9. The average Bonchev–Trinajstić information content (AvgIpc) is 2.44.